The van der Waals surface area contributed by atoms with Gasteiger partial charge in [-0.1, -0.05) is 6.92 Å². The van der Waals surface area contributed by atoms with E-state index in [1.165, 1.54) is 4.31 Å². The first kappa shape index (κ1) is 15.7. The predicted molar refractivity (Wildman–Crippen MR) is 77.5 cm³/mol. The van der Waals surface area contributed by atoms with Gasteiger partial charge in [0, 0.05) is 38.6 Å². The van der Waals surface area contributed by atoms with Crippen LogP contribution in [0.15, 0.2) is 0 Å². The summed E-state index contributed by atoms with van der Waals surface area (Å²) in [6, 6.07) is 0.103. The molecule has 2 aliphatic rings. The van der Waals surface area contributed by atoms with Gasteiger partial charge in [0.1, 0.15) is 0 Å². The number of rotatable bonds is 4. The molecule has 2 saturated heterocycles. The van der Waals surface area contributed by atoms with E-state index in [4.69, 9.17) is 5.73 Å². The Balaban J connectivity index is 1.91. The number of carbonyl (C=O) groups is 1. The molecule has 0 spiro atoms. The number of hydrogen-bond acceptors (Lipinski definition) is 4. The van der Waals surface area contributed by atoms with Gasteiger partial charge in [0.25, 0.3) is 0 Å². The summed E-state index contributed by atoms with van der Waals surface area (Å²) >= 11 is 0. The summed E-state index contributed by atoms with van der Waals surface area (Å²) in [6.07, 6.45) is 3.04. The second-order valence-electron chi connectivity index (χ2n) is 5.83. The zero-order valence-corrected chi connectivity index (χ0v) is 12.9. The number of likely N-dealkylation sites (tertiary alicyclic amines) is 1. The lowest BCUT2D eigenvalue weighted by atomic mass is 9.90. The standard InChI is InChI=1S/C13H25N3O3S/c1-11-4-2-7-16(12(11)10-14)13(17)5-8-15-6-3-9-20(15,18)19/h11-12H,2-10,14H2,1H3/t11-,12+/m0/s1. The molecule has 116 valence electrons. The first-order valence-electron chi connectivity index (χ1n) is 7.43. The molecule has 0 aliphatic carbocycles. The summed E-state index contributed by atoms with van der Waals surface area (Å²) in [5, 5.41) is 0. The van der Waals surface area contributed by atoms with Crippen LogP contribution in [-0.4, -0.2) is 61.5 Å². The Labute approximate surface area is 121 Å². The smallest absolute Gasteiger partial charge is 0.224 e. The quantitative estimate of drug-likeness (QED) is 0.792. The highest BCUT2D eigenvalue weighted by atomic mass is 32.2. The number of carbonyl (C=O) groups excluding carboxylic acids is 1. The fourth-order valence-electron chi connectivity index (χ4n) is 3.22. The zero-order valence-electron chi connectivity index (χ0n) is 12.1. The number of nitrogens with zero attached hydrogens (tertiary/aromatic N) is 2. The van der Waals surface area contributed by atoms with Crippen LogP contribution in [0.2, 0.25) is 0 Å². The molecule has 2 atom stereocenters. The predicted octanol–water partition coefficient (Wildman–Crippen LogP) is -0.00220. The monoisotopic (exact) mass is 303 g/mol. The Bertz CT molecular complexity index is 452. The third kappa shape index (κ3) is 3.32. The van der Waals surface area contributed by atoms with Crippen LogP contribution in [0.25, 0.3) is 0 Å². The van der Waals surface area contributed by atoms with Gasteiger partial charge in [-0.15, -0.1) is 0 Å². The molecule has 6 nitrogen and oxygen atoms in total. The minimum Gasteiger partial charge on any atom is -0.338 e. The van der Waals surface area contributed by atoms with Gasteiger partial charge in [-0.2, -0.15) is 0 Å². The van der Waals surface area contributed by atoms with Crippen LogP contribution in [0.3, 0.4) is 0 Å². The molecule has 2 rings (SSSR count). The molecule has 0 bridgehead atoms. The highest BCUT2D eigenvalue weighted by molar-refractivity contribution is 7.89. The molecular formula is C13H25N3O3S. The van der Waals surface area contributed by atoms with Crippen molar-refractivity contribution >= 4 is 15.9 Å². The normalized spacial score (nSPS) is 30.6. The van der Waals surface area contributed by atoms with E-state index in [0.717, 1.165) is 19.4 Å². The first-order valence-corrected chi connectivity index (χ1v) is 9.04. The Morgan fingerprint density at radius 1 is 1.30 bits per heavy atom. The minimum absolute atomic E-state index is 0.0362. The van der Waals surface area contributed by atoms with Crippen LogP contribution in [0.1, 0.15) is 32.6 Å². The average molecular weight is 303 g/mol. The lowest BCUT2D eigenvalue weighted by Crippen LogP contribution is -2.51. The van der Waals surface area contributed by atoms with Crippen molar-refractivity contribution in [2.24, 2.45) is 11.7 Å². The van der Waals surface area contributed by atoms with Crippen LogP contribution in [0, 0.1) is 5.92 Å². The second-order valence-corrected chi connectivity index (χ2v) is 7.92. The lowest BCUT2D eigenvalue weighted by Gasteiger charge is -2.39. The topological polar surface area (TPSA) is 83.7 Å². The summed E-state index contributed by atoms with van der Waals surface area (Å²) in [7, 11) is -3.11. The molecule has 2 aliphatic heterocycles. The summed E-state index contributed by atoms with van der Waals surface area (Å²) in [5.41, 5.74) is 5.78. The van der Waals surface area contributed by atoms with E-state index in [0.29, 0.717) is 32.0 Å². The van der Waals surface area contributed by atoms with Crippen molar-refractivity contribution in [1.82, 2.24) is 9.21 Å². The van der Waals surface area contributed by atoms with E-state index in [9.17, 15) is 13.2 Å². The van der Waals surface area contributed by atoms with Gasteiger partial charge in [-0.3, -0.25) is 4.79 Å². The van der Waals surface area contributed by atoms with Crippen LogP contribution >= 0.6 is 0 Å². The average Bonchev–Trinajstić information content (AvgIpc) is 2.74. The molecule has 2 fully saturated rings. The molecule has 0 aromatic heterocycles. The van der Waals surface area contributed by atoms with E-state index in [1.807, 2.05) is 4.90 Å². The molecule has 0 aromatic carbocycles. The summed E-state index contributed by atoms with van der Waals surface area (Å²) in [5.74, 6) is 0.676. The Morgan fingerprint density at radius 2 is 2.05 bits per heavy atom. The van der Waals surface area contributed by atoms with Crippen LogP contribution in [0.5, 0.6) is 0 Å². The Kier molecular flexibility index (Phi) is 5.04. The molecule has 0 unspecified atom stereocenters. The number of nitrogens with two attached hydrogens (primary N) is 1. The van der Waals surface area contributed by atoms with Crippen molar-refractivity contribution in [2.45, 2.75) is 38.6 Å². The Hall–Kier alpha value is -0.660. The van der Waals surface area contributed by atoms with Crippen molar-refractivity contribution in [2.75, 3.05) is 31.9 Å². The van der Waals surface area contributed by atoms with E-state index >= 15 is 0 Å². The molecule has 1 amide bonds. The maximum absolute atomic E-state index is 12.3. The van der Waals surface area contributed by atoms with Gasteiger partial charge >= 0.3 is 0 Å². The van der Waals surface area contributed by atoms with Crippen molar-refractivity contribution in [3.05, 3.63) is 0 Å². The number of piperidine rings is 1. The van der Waals surface area contributed by atoms with Crippen LogP contribution < -0.4 is 5.73 Å². The molecular weight excluding hydrogens is 278 g/mol. The maximum atomic E-state index is 12.3. The van der Waals surface area contributed by atoms with Gasteiger partial charge in [-0.25, -0.2) is 12.7 Å². The molecule has 0 radical (unpaired) electrons. The van der Waals surface area contributed by atoms with Gasteiger partial charge in [0.15, 0.2) is 0 Å². The largest absolute Gasteiger partial charge is 0.338 e. The SMILES string of the molecule is C[C@H]1CCCN(C(=O)CCN2CCCS2(=O)=O)[C@@H]1CN. The number of amides is 1. The van der Waals surface area contributed by atoms with Crippen LogP contribution in [0.4, 0.5) is 0 Å². The van der Waals surface area contributed by atoms with Crippen molar-refractivity contribution in [1.29, 1.82) is 0 Å². The van der Waals surface area contributed by atoms with Gasteiger partial charge in [-0.05, 0) is 25.2 Å². The second kappa shape index (κ2) is 6.41. The first-order chi connectivity index (χ1) is 9.45. The van der Waals surface area contributed by atoms with Gasteiger partial charge in [0.05, 0.1) is 5.75 Å². The van der Waals surface area contributed by atoms with Crippen molar-refractivity contribution in [3.63, 3.8) is 0 Å². The third-order valence-electron chi connectivity index (χ3n) is 4.46. The van der Waals surface area contributed by atoms with E-state index < -0.39 is 10.0 Å². The van der Waals surface area contributed by atoms with Crippen molar-refractivity contribution < 1.29 is 13.2 Å². The van der Waals surface area contributed by atoms with E-state index in [-0.39, 0.29) is 24.1 Å². The minimum atomic E-state index is -3.11. The highest BCUT2D eigenvalue weighted by Gasteiger charge is 2.32. The fraction of sp³-hybridized carbons (Fsp3) is 0.923. The Morgan fingerprint density at radius 3 is 2.65 bits per heavy atom. The highest BCUT2D eigenvalue weighted by Crippen LogP contribution is 2.23. The van der Waals surface area contributed by atoms with Crippen molar-refractivity contribution in [3.8, 4) is 0 Å². The maximum Gasteiger partial charge on any atom is 0.224 e. The van der Waals surface area contributed by atoms with Gasteiger partial charge < -0.3 is 10.6 Å². The van der Waals surface area contributed by atoms with Crippen LogP contribution in [-0.2, 0) is 14.8 Å². The number of sulfonamides is 1. The summed E-state index contributed by atoms with van der Waals surface area (Å²) < 4.78 is 24.8. The van der Waals surface area contributed by atoms with Gasteiger partial charge in [0.2, 0.25) is 15.9 Å². The molecule has 7 heteroatoms. The molecule has 0 aromatic rings. The molecule has 2 heterocycles. The zero-order chi connectivity index (χ0) is 14.8. The fourth-order valence-corrected chi connectivity index (χ4v) is 4.75. The summed E-state index contributed by atoms with van der Waals surface area (Å²) in [6.45, 7) is 4.21. The summed E-state index contributed by atoms with van der Waals surface area (Å²) in [4.78, 5) is 14.2. The molecule has 20 heavy (non-hydrogen) atoms. The van der Waals surface area contributed by atoms with E-state index in [2.05, 4.69) is 6.92 Å². The number of hydrogen-bond donors (Lipinski definition) is 1. The lowest BCUT2D eigenvalue weighted by molar-refractivity contribution is -0.136. The third-order valence-corrected chi connectivity index (χ3v) is 6.41. The van der Waals surface area contributed by atoms with E-state index in [1.54, 1.807) is 0 Å². The molecule has 0 saturated carbocycles. The molecule has 2 N–H and O–H groups in total.